The Labute approximate surface area is 97.8 Å². The lowest BCUT2D eigenvalue weighted by Crippen LogP contribution is -2.29. The smallest absolute Gasteiger partial charge is 0.380 e. The summed E-state index contributed by atoms with van der Waals surface area (Å²) in [6.45, 7) is 5.58. The molecule has 0 aromatic heterocycles. The molecule has 0 heterocycles. The molecular weight excluding hydrogens is 234 g/mol. The molecule has 0 amide bonds. The molecule has 17 heavy (non-hydrogen) atoms. The second-order valence-electron chi connectivity index (χ2n) is 4.59. The van der Waals surface area contributed by atoms with Crippen LogP contribution < -0.4 is 5.32 Å². The minimum absolute atomic E-state index is 0.143. The maximum atomic E-state index is 13.1. The van der Waals surface area contributed by atoms with E-state index >= 15 is 0 Å². The van der Waals surface area contributed by atoms with Gasteiger partial charge in [0.2, 0.25) is 0 Å². The topological polar surface area (TPSA) is 12.0 Å². The zero-order valence-electron chi connectivity index (χ0n) is 9.95. The van der Waals surface area contributed by atoms with Gasteiger partial charge in [-0.25, -0.2) is 4.39 Å². The lowest BCUT2D eigenvalue weighted by Gasteiger charge is -2.26. The number of hydrogen-bond donors (Lipinski definition) is 1. The van der Waals surface area contributed by atoms with Crippen molar-refractivity contribution in [2.75, 3.05) is 5.32 Å². The average Bonchev–Trinajstić information content (AvgIpc) is 2.14. The van der Waals surface area contributed by atoms with Crippen LogP contribution in [0.3, 0.4) is 0 Å². The molecule has 0 bridgehead atoms. The van der Waals surface area contributed by atoms with Crippen LogP contribution in [0.5, 0.6) is 0 Å². The Balaban J connectivity index is 3.06. The fraction of sp³-hybridized carbons (Fsp3) is 0.500. The van der Waals surface area contributed by atoms with Crippen molar-refractivity contribution >= 4 is 5.69 Å². The predicted octanol–water partition coefficient (Wildman–Crippen LogP) is 4.45. The van der Waals surface area contributed by atoms with Crippen LogP contribution in [0.1, 0.15) is 32.8 Å². The van der Waals surface area contributed by atoms with E-state index in [1.54, 1.807) is 0 Å². The molecule has 0 atom stereocenters. The SMILES string of the molecule is CCC(C)(C)Nc1cc(F)cc(C(F)(F)F)c1. The summed E-state index contributed by atoms with van der Waals surface area (Å²) in [5, 5.41) is 2.88. The van der Waals surface area contributed by atoms with Gasteiger partial charge in [0.15, 0.2) is 0 Å². The molecule has 1 aromatic carbocycles. The van der Waals surface area contributed by atoms with Crippen LogP contribution in [0.2, 0.25) is 0 Å². The summed E-state index contributed by atoms with van der Waals surface area (Å²) in [5.74, 6) is -0.894. The largest absolute Gasteiger partial charge is 0.416 e. The van der Waals surface area contributed by atoms with E-state index in [0.29, 0.717) is 12.5 Å². The molecular formula is C12H15F4N. The molecule has 0 aliphatic heterocycles. The Morgan fingerprint density at radius 2 is 1.71 bits per heavy atom. The van der Waals surface area contributed by atoms with Gasteiger partial charge in [-0.1, -0.05) is 6.92 Å². The number of hydrogen-bond acceptors (Lipinski definition) is 1. The number of benzene rings is 1. The van der Waals surface area contributed by atoms with E-state index in [4.69, 9.17) is 0 Å². The second-order valence-corrected chi connectivity index (χ2v) is 4.59. The van der Waals surface area contributed by atoms with Gasteiger partial charge in [-0.05, 0) is 38.5 Å². The summed E-state index contributed by atoms with van der Waals surface area (Å²) in [4.78, 5) is 0. The molecule has 5 heteroatoms. The molecule has 1 nitrogen and oxygen atoms in total. The van der Waals surface area contributed by atoms with Crippen molar-refractivity contribution in [2.24, 2.45) is 0 Å². The summed E-state index contributed by atoms with van der Waals surface area (Å²) in [5.41, 5.74) is -1.22. The molecule has 1 N–H and O–H groups in total. The number of alkyl halides is 3. The van der Waals surface area contributed by atoms with E-state index in [-0.39, 0.29) is 11.2 Å². The third-order valence-electron chi connectivity index (χ3n) is 2.59. The van der Waals surface area contributed by atoms with Crippen LogP contribution in [0.4, 0.5) is 23.2 Å². The highest BCUT2D eigenvalue weighted by Crippen LogP contribution is 2.32. The Bertz CT molecular complexity index is 396. The third-order valence-corrected chi connectivity index (χ3v) is 2.59. The van der Waals surface area contributed by atoms with Crippen LogP contribution in [0.15, 0.2) is 18.2 Å². The zero-order valence-corrected chi connectivity index (χ0v) is 9.95. The molecule has 0 saturated carbocycles. The summed E-state index contributed by atoms with van der Waals surface area (Å²) >= 11 is 0. The molecule has 0 radical (unpaired) electrons. The number of anilines is 1. The van der Waals surface area contributed by atoms with E-state index in [2.05, 4.69) is 5.32 Å². The van der Waals surface area contributed by atoms with Gasteiger partial charge in [-0.3, -0.25) is 0 Å². The van der Waals surface area contributed by atoms with Crippen molar-refractivity contribution in [1.29, 1.82) is 0 Å². The first-order valence-corrected chi connectivity index (χ1v) is 5.30. The third kappa shape index (κ3) is 3.91. The highest BCUT2D eigenvalue weighted by Gasteiger charge is 2.31. The van der Waals surface area contributed by atoms with Crippen molar-refractivity contribution in [3.8, 4) is 0 Å². The summed E-state index contributed by atoms with van der Waals surface area (Å²) in [6, 6.07) is 2.47. The Hall–Kier alpha value is -1.26. The Kier molecular flexibility index (Phi) is 3.69. The highest BCUT2D eigenvalue weighted by molar-refractivity contribution is 5.48. The van der Waals surface area contributed by atoms with Crippen molar-refractivity contribution < 1.29 is 17.6 Å². The minimum atomic E-state index is -4.53. The van der Waals surface area contributed by atoms with E-state index in [1.165, 1.54) is 0 Å². The molecule has 0 aliphatic rings. The first-order chi connectivity index (χ1) is 7.64. The van der Waals surface area contributed by atoms with E-state index in [1.807, 2.05) is 20.8 Å². The number of halogens is 4. The Morgan fingerprint density at radius 3 is 2.18 bits per heavy atom. The average molecular weight is 249 g/mol. The fourth-order valence-electron chi connectivity index (χ4n) is 1.30. The molecule has 0 fully saturated rings. The predicted molar refractivity (Wildman–Crippen MR) is 59.4 cm³/mol. The van der Waals surface area contributed by atoms with Crippen molar-refractivity contribution in [2.45, 2.75) is 38.9 Å². The fourth-order valence-corrected chi connectivity index (χ4v) is 1.30. The molecule has 0 aliphatic carbocycles. The lowest BCUT2D eigenvalue weighted by atomic mass is 10.0. The molecule has 0 unspecified atom stereocenters. The maximum absolute atomic E-state index is 13.1. The molecule has 1 aromatic rings. The van der Waals surface area contributed by atoms with Crippen LogP contribution in [-0.4, -0.2) is 5.54 Å². The molecule has 0 spiro atoms. The van der Waals surface area contributed by atoms with Gasteiger partial charge in [0.25, 0.3) is 0 Å². The van der Waals surface area contributed by atoms with Gasteiger partial charge >= 0.3 is 6.18 Å². The van der Waals surface area contributed by atoms with E-state index < -0.39 is 17.6 Å². The monoisotopic (exact) mass is 249 g/mol. The standard InChI is InChI=1S/C12H15F4N/c1-4-11(2,3)17-10-6-8(12(14,15)16)5-9(13)7-10/h5-7,17H,4H2,1-3H3. The van der Waals surface area contributed by atoms with E-state index in [0.717, 1.165) is 12.1 Å². The van der Waals surface area contributed by atoms with Gasteiger partial charge in [0.05, 0.1) is 5.56 Å². The summed E-state index contributed by atoms with van der Waals surface area (Å²) in [6.07, 6.45) is -3.82. The lowest BCUT2D eigenvalue weighted by molar-refractivity contribution is -0.137. The first-order valence-electron chi connectivity index (χ1n) is 5.30. The Morgan fingerprint density at radius 1 is 1.12 bits per heavy atom. The minimum Gasteiger partial charge on any atom is -0.380 e. The normalized spacial score (nSPS) is 12.6. The number of rotatable bonds is 3. The van der Waals surface area contributed by atoms with Gasteiger partial charge in [0.1, 0.15) is 5.82 Å². The molecule has 1 rings (SSSR count). The summed E-state index contributed by atoms with van der Waals surface area (Å²) < 4.78 is 50.5. The summed E-state index contributed by atoms with van der Waals surface area (Å²) in [7, 11) is 0. The van der Waals surface area contributed by atoms with Crippen molar-refractivity contribution in [3.63, 3.8) is 0 Å². The number of nitrogens with one attached hydrogen (secondary N) is 1. The van der Waals surface area contributed by atoms with Crippen LogP contribution in [0, 0.1) is 5.82 Å². The van der Waals surface area contributed by atoms with Gasteiger partial charge in [-0.15, -0.1) is 0 Å². The first kappa shape index (κ1) is 13.8. The molecule has 0 saturated heterocycles. The van der Waals surface area contributed by atoms with Crippen molar-refractivity contribution in [3.05, 3.63) is 29.6 Å². The van der Waals surface area contributed by atoms with Crippen LogP contribution >= 0.6 is 0 Å². The van der Waals surface area contributed by atoms with Crippen LogP contribution in [-0.2, 0) is 6.18 Å². The maximum Gasteiger partial charge on any atom is 0.416 e. The van der Waals surface area contributed by atoms with Crippen LogP contribution in [0.25, 0.3) is 0 Å². The second kappa shape index (κ2) is 4.55. The molecule has 96 valence electrons. The van der Waals surface area contributed by atoms with Gasteiger partial charge in [-0.2, -0.15) is 13.2 Å². The van der Waals surface area contributed by atoms with Crippen molar-refractivity contribution in [1.82, 2.24) is 0 Å². The van der Waals surface area contributed by atoms with Gasteiger partial charge < -0.3 is 5.32 Å². The van der Waals surface area contributed by atoms with Gasteiger partial charge in [0, 0.05) is 11.2 Å². The quantitative estimate of drug-likeness (QED) is 0.780. The zero-order chi connectivity index (χ0) is 13.3. The van der Waals surface area contributed by atoms with E-state index in [9.17, 15) is 17.6 Å². The highest BCUT2D eigenvalue weighted by atomic mass is 19.4.